The van der Waals surface area contributed by atoms with Crippen LogP contribution in [0.3, 0.4) is 0 Å². The molecule has 2 aromatic carbocycles. The van der Waals surface area contributed by atoms with Crippen LogP contribution in [0, 0.1) is 0 Å². The molecule has 2 amide bonds. The maximum atomic E-state index is 14.2. The molecule has 2 aromatic rings. The fraction of sp³-hybridized carbons (Fsp3) is 0.321. The van der Waals surface area contributed by atoms with Crippen LogP contribution in [0.2, 0.25) is 0 Å². The van der Waals surface area contributed by atoms with E-state index in [1.54, 1.807) is 54.6 Å². The second-order valence-electron chi connectivity index (χ2n) is 9.12. The van der Waals surface area contributed by atoms with Gasteiger partial charge < -0.3 is 24.5 Å². The zero-order chi connectivity index (χ0) is 26.0. The van der Waals surface area contributed by atoms with Crippen LogP contribution in [0.1, 0.15) is 24.5 Å². The summed E-state index contributed by atoms with van der Waals surface area (Å²) in [5, 5.41) is 11.5. The van der Waals surface area contributed by atoms with Crippen molar-refractivity contribution in [2.24, 2.45) is 0 Å². The first-order valence-corrected chi connectivity index (χ1v) is 12.0. The fourth-order valence-electron chi connectivity index (χ4n) is 4.85. The molecule has 1 spiro atoms. The zero-order valence-electron chi connectivity index (χ0n) is 20.9. The van der Waals surface area contributed by atoms with E-state index in [1.165, 1.54) is 9.80 Å². The minimum Gasteiger partial charge on any atom is -0.507 e. The van der Waals surface area contributed by atoms with Gasteiger partial charge in [-0.05, 0) is 50.8 Å². The van der Waals surface area contributed by atoms with Crippen LogP contribution in [0.15, 0.2) is 66.8 Å². The van der Waals surface area contributed by atoms with Gasteiger partial charge in [-0.25, -0.2) is 0 Å². The summed E-state index contributed by atoms with van der Waals surface area (Å²) >= 11 is 0. The van der Waals surface area contributed by atoms with E-state index in [9.17, 15) is 19.5 Å². The second-order valence-corrected chi connectivity index (χ2v) is 9.12. The molecule has 2 aliphatic heterocycles. The predicted octanol–water partition coefficient (Wildman–Crippen LogP) is 3.15. The van der Waals surface area contributed by atoms with Gasteiger partial charge in [0.15, 0.2) is 5.54 Å². The van der Waals surface area contributed by atoms with Crippen LogP contribution in [-0.4, -0.2) is 72.8 Å². The van der Waals surface area contributed by atoms with Gasteiger partial charge >= 0.3 is 0 Å². The van der Waals surface area contributed by atoms with Gasteiger partial charge in [0, 0.05) is 30.8 Å². The van der Waals surface area contributed by atoms with Crippen LogP contribution in [-0.2, 0) is 19.9 Å². The third-order valence-corrected chi connectivity index (χ3v) is 6.49. The molecule has 1 atom stereocenters. The summed E-state index contributed by atoms with van der Waals surface area (Å²) in [5.41, 5.74) is -0.618. The quantitative estimate of drug-likeness (QED) is 0.252. The number of hydrogen-bond acceptors (Lipinski definition) is 6. The molecule has 0 saturated carbocycles. The number of likely N-dealkylation sites (tertiary alicyclic amines) is 1. The first-order chi connectivity index (χ1) is 17.3. The molecule has 0 radical (unpaired) electrons. The van der Waals surface area contributed by atoms with Gasteiger partial charge in [-0.2, -0.15) is 0 Å². The van der Waals surface area contributed by atoms with Gasteiger partial charge in [0.05, 0.1) is 17.9 Å². The Morgan fingerprint density at radius 3 is 2.44 bits per heavy atom. The third-order valence-electron chi connectivity index (χ3n) is 6.49. The van der Waals surface area contributed by atoms with E-state index in [1.807, 2.05) is 25.9 Å². The smallest absolute Gasteiger partial charge is 0.296 e. The maximum Gasteiger partial charge on any atom is 0.296 e. The number of ketones is 1. The van der Waals surface area contributed by atoms with Gasteiger partial charge in [-0.1, -0.05) is 31.2 Å². The van der Waals surface area contributed by atoms with E-state index in [0.29, 0.717) is 35.7 Å². The number of benzene rings is 2. The molecular weight excluding hydrogens is 458 g/mol. The maximum absolute atomic E-state index is 14.2. The van der Waals surface area contributed by atoms with E-state index in [-0.39, 0.29) is 18.7 Å². The standard InChI is InChI=1S/C28H31N3O5/c1-5-15-30-22-10-8-7-9-21(22)28(27(30)35)23(25(33)26(34)31(28)17-16-29(3)4)24(32)19-11-13-20(14-12-19)36-18-6-2/h5,7-14,32H,1,6,15-18H2,2-4H3/b24-23-/t28-/m0/s1. The number of para-hydroxylation sites is 1. The van der Waals surface area contributed by atoms with Crippen molar-refractivity contribution < 1.29 is 24.2 Å². The molecule has 36 heavy (non-hydrogen) atoms. The molecule has 0 aromatic heterocycles. The summed E-state index contributed by atoms with van der Waals surface area (Å²) < 4.78 is 5.62. The van der Waals surface area contributed by atoms with Crippen LogP contribution >= 0.6 is 0 Å². The number of rotatable bonds is 9. The Hall–Kier alpha value is -3.91. The molecule has 0 unspecified atom stereocenters. The number of fused-ring (bicyclic) bond motifs is 2. The van der Waals surface area contributed by atoms with Crippen molar-refractivity contribution in [2.45, 2.75) is 18.9 Å². The monoisotopic (exact) mass is 489 g/mol. The summed E-state index contributed by atoms with van der Waals surface area (Å²) in [6.07, 6.45) is 2.44. The number of hydrogen-bond donors (Lipinski definition) is 1. The summed E-state index contributed by atoms with van der Waals surface area (Å²) in [7, 11) is 3.69. The molecule has 1 N–H and O–H groups in total. The summed E-state index contributed by atoms with van der Waals surface area (Å²) in [5.74, 6) is -1.95. The average Bonchev–Trinajstić information content (AvgIpc) is 3.25. The van der Waals surface area contributed by atoms with Crippen LogP contribution in [0.5, 0.6) is 5.75 Å². The highest BCUT2D eigenvalue weighted by atomic mass is 16.5. The number of nitrogens with zero attached hydrogens (tertiary/aromatic N) is 3. The summed E-state index contributed by atoms with van der Waals surface area (Å²) in [4.78, 5) is 45.8. The van der Waals surface area contributed by atoms with E-state index in [0.717, 1.165) is 6.42 Å². The third kappa shape index (κ3) is 3.87. The molecule has 8 heteroatoms. The van der Waals surface area contributed by atoms with Crippen molar-refractivity contribution in [1.29, 1.82) is 0 Å². The van der Waals surface area contributed by atoms with E-state index in [2.05, 4.69) is 6.58 Å². The fourth-order valence-corrected chi connectivity index (χ4v) is 4.85. The van der Waals surface area contributed by atoms with E-state index < -0.39 is 28.9 Å². The van der Waals surface area contributed by atoms with E-state index >= 15 is 0 Å². The van der Waals surface area contributed by atoms with Gasteiger partial charge in [-0.3, -0.25) is 14.4 Å². The first kappa shape index (κ1) is 25.2. The SMILES string of the molecule is C=CCN1C(=O)[C@@]2(/C(=C(\O)c3ccc(OCCC)cc3)C(=O)C(=O)N2CCN(C)C)c2ccccc21. The average molecular weight is 490 g/mol. The normalized spacial score (nSPS) is 20.5. The minimum atomic E-state index is -1.77. The highest BCUT2D eigenvalue weighted by Crippen LogP contribution is 2.53. The van der Waals surface area contributed by atoms with Crippen molar-refractivity contribution in [2.75, 3.05) is 45.2 Å². The van der Waals surface area contributed by atoms with Crippen LogP contribution < -0.4 is 9.64 Å². The molecule has 0 aliphatic carbocycles. The Morgan fingerprint density at radius 2 is 1.81 bits per heavy atom. The lowest BCUT2D eigenvalue weighted by molar-refractivity contribution is -0.143. The minimum absolute atomic E-state index is 0.125. The molecule has 1 saturated heterocycles. The van der Waals surface area contributed by atoms with Crippen molar-refractivity contribution in [1.82, 2.24) is 9.80 Å². The van der Waals surface area contributed by atoms with Gasteiger partial charge in [0.2, 0.25) is 0 Å². The van der Waals surface area contributed by atoms with Crippen molar-refractivity contribution in [3.8, 4) is 5.75 Å². The number of amides is 2. The number of aliphatic hydroxyl groups is 1. The van der Waals surface area contributed by atoms with Crippen LogP contribution in [0.25, 0.3) is 5.76 Å². The zero-order valence-corrected chi connectivity index (χ0v) is 20.9. The highest BCUT2D eigenvalue weighted by Gasteiger charge is 2.66. The molecule has 188 valence electrons. The first-order valence-electron chi connectivity index (χ1n) is 12.0. The molecule has 0 bridgehead atoms. The Balaban J connectivity index is 1.95. The Bertz CT molecular complexity index is 1230. The molecule has 4 rings (SSSR count). The molecule has 2 aliphatic rings. The number of likely N-dealkylation sites (N-methyl/N-ethyl adjacent to an activating group) is 1. The largest absolute Gasteiger partial charge is 0.507 e. The number of aliphatic hydroxyl groups excluding tert-OH is 1. The summed E-state index contributed by atoms with van der Waals surface area (Å²) in [6.45, 7) is 7.06. The number of anilines is 1. The lowest BCUT2D eigenvalue weighted by atomic mass is 9.82. The van der Waals surface area contributed by atoms with Crippen LogP contribution in [0.4, 0.5) is 5.69 Å². The Kier molecular flexibility index (Phi) is 6.99. The van der Waals surface area contributed by atoms with Crippen molar-refractivity contribution >= 4 is 29.0 Å². The van der Waals surface area contributed by atoms with Gasteiger partial charge in [0.25, 0.3) is 17.6 Å². The van der Waals surface area contributed by atoms with E-state index in [4.69, 9.17) is 4.74 Å². The molecule has 1 fully saturated rings. The number of Topliss-reactive ketones (excluding diaryl/α,β-unsaturated/α-hetero) is 1. The Morgan fingerprint density at radius 1 is 1.11 bits per heavy atom. The number of carbonyl (C=O) groups is 3. The lowest BCUT2D eigenvalue weighted by Crippen LogP contribution is -2.53. The molecular formula is C28H31N3O5. The van der Waals surface area contributed by atoms with Gasteiger partial charge in [-0.15, -0.1) is 6.58 Å². The molecule has 8 nitrogen and oxygen atoms in total. The lowest BCUT2D eigenvalue weighted by Gasteiger charge is -2.35. The van der Waals surface area contributed by atoms with Crippen molar-refractivity contribution in [3.05, 3.63) is 77.9 Å². The highest BCUT2D eigenvalue weighted by molar-refractivity contribution is 6.50. The number of ether oxygens (including phenoxy) is 1. The summed E-state index contributed by atoms with van der Waals surface area (Å²) in [6, 6.07) is 13.7. The number of carbonyl (C=O) groups excluding carboxylic acids is 3. The molecule has 2 heterocycles. The Labute approximate surface area is 211 Å². The predicted molar refractivity (Wildman–Crippen MR) is 138 cm³/mol. The second kappa shape index (κ2) is 9.99. The topological polar surface area (TPSA) is 90.4 Å². The van der Waals surface area contributed by atoms with Gasteiger partial charge in [0.1, 0.15) is 11.5 Å². The van der Waals surface area contributed by atoms with Crippen molar-refractivity contribution in [3.63, 3.8) is 0 Å².